The number of hydrogen-bond acceptors (Lipinski definition) is 1. The molecule has 0 bridgehead atoms. The maximum atomic E-state index is 5.37. The van der Waals surface area contributed by atoms with Crippen molar-refractivity contribution in [2.24, 2.45) is 10.7 Å². The molecule has 0 heterocycles. The molecule has 0 amide bonds. The van der Waals surface area contributed by atoms with E-state index >= 15 is 0 Å². The van der Waals surface area contributed by atoms with Gasteiger partial charge >= 0.3 is 0 Å². The maximum absolute atomic E-state index is 5.37. The summed E-state index contributed by atoms with van der Waals surface area (Å²) in [6.07, 6.45) is 0. The second-order valence-corrected chi connectivity index (χ2v) is 2.28. The molecule has 2 N–H and O–H groups in total. The minimum absolute atomic E-state index is 0.583. The van der Waals surface area contributed by atoms with E-state index in [2.05, 4.69) is 17.3 Å². The van der Waals surface area contributed by atoms with Crippen LogP contribution in [0.1, 0.15) is 13.8 Å². The molecule has 0 aromatic heterocycles. The lowest BCUT2D eigenvalue weighted by atomic mass is 10.4. The Labute approximate surface area is 60.5 Å². The summed E-state index contributed by atoms with van der Waals surface area (Å²) in [5.41, 5.74) is 11.3. The van der Waals surface area contributed by atoms with Gasteiger partial charge in [-0.05, 0) is 19.4 Å². The predicted molar refractivity (Wildman–Crippen MR) is 42.6 cm³/mol. The van der Waals surface area contributed by atoms with Crippen molar-refractivity contribution in [3.05, 3.63) is 29.2 Å². The minimum atomic E-state index is 0.583. The number of rotatable bonds is 1. The number of hydrogen-bond donors (Lipinski definition) is 1. The lowest BCUT2D eigenvalue weighted by Gasteiger charge is -1.81. The van der Waals surface area contributed by atoms with E-state index in [1.165, 1.54) is 0 Å². The Morgan fingerprint density at radius 3 is 2.60 bits per heavy atom. The van der Waals surface area contributed by atoms with Gasteiger partial charge in [-0.1, -0.05) is 6.58 Å². The molecule has 2 nitrogen and oxygen atoms in total. The predicted octanol–water partition coefficient (Wildman–Crippen LogP) is 1.36. The lowest BCUT2D eigenvalue weighted by molar-refractivity contribution is 1.42. The summed E-state index contributed by atoms with van der Waals surface area (Å²) in [5, 5.41) is 0. The molecule has 10 heavy (non-hydrogen) atoms. The van der Waals surface area contributed by atoms with Gasteiger partial charge in [-0.3, -0.25) is 0 Å². The van der Waals surface area contributed by atoms with Crippen LogP contribution in [0.3, 0.4) is 0 Å². The Balaban J connectivity index is 2.82. The molecule has 0 fully saturated rings. The first-order valence-electron chi connectivity index (χ1n) is 3.09. The van der Waals surface area contributed by atoms with Gasteiger partial charge in [0.1, 0.15) is 0 Å². The van der Waals surface area contributed by atoms with E-state index in [0.29, 0.717) is 5.84 Å². The summed E-state index contributed by atoms with van der Waals surface area (Å²) in [5.74, 6) is 0.583. The second-order valence-electron chi connectivity index (χ2n) is 2.28. The highest BCUT2D eigenvalue weighted by molar-refractivity contribution is 5.82. The highest BCUT2D eigenvalue weighted by atomic mass is 14.9. The fraction of sp³-hybridized carbons (Fsp3) is 0.250. The zero-order valence-electron chi connectivity index (χ0n) is 6.23. The van der Waals surface area contributed by atoms with Crippen molar-refractivity contribution in [2.45, 2.75) is 13.8 Å². The molecular weight excluding hydrogens is 124 g/mol. The Morgan fingerprint density at radius 1 is 1.70 bits per heavy atom. The molecule has 52 valence electrons. The first kappa shape index (κ1) is 6.84. The molecule has 0 aromatic carbocycles. The monoisotopic (exact) mass is 134 g/mol. The molecule has 0 radical (unpaired) electrons. The van der Waals surface area contributed by atoms with Gasteiger partial charge in [0.05, 0.1) is 11.5 Å². The van der Waals surface area contributed by atoms with Crippen molar-refractivity contribution < 1.29 is 0 Å². The van der Waals surface area contributed by atoms with Crippen molar-refractivity contribution >= 4 is 5.84 Å². The first-order chi connectivity index (χ1) is 4.66. The molecule has 1 aliphatic carbocycles. The number of nitrogens with zero attached hydrogens (tertiary/aromatic N) is 1. The SMILES string of the molecule is C=C=C1C(C)=C1N=C(C)N. The average Bonchev–Trinajstić information content (AvgIpc) is 2.41. The van der Waals surface area contributed by atoms with E-state index in [1.807, 2.05) is 6.92 Å². The van der Waals surface area contributed by atoms with Crippen LogP contribution in [0.15, 0.2) is 34.1 Å². The van der Waals surface area contributed by atoms with Gasteiger partial charge in [-0.2, -0.15) is 0 Å². The summed E-state index contributed by atoms with van der Waals surface area (Å²) in [4.78, 5) is 4.06. The zero-order chi connectivity index (χ0) is 7.72. The minimum Gasteiger partial charge on any atom is -0.387 e. The van der Waals surface area contributed by atoms with Crippen LogP contribution >= 0.6 is 0 Å². The molecule has 0 atom stereocenters. The average molecular weight is 134 g/mol. The summed E-state index contributed by atoms with van der Waals surface area (Å²) in [6.45, 7) is 7.26. The van der Waals surface area contributed by atoms with Crippen molar-refractivity contribution in [1.29, 1.82) is 0 Å². The van der Waals surface area contributed by atoms with Crippen LogP contribution in [0.25, 0.3) is 0 Å². The Morgan fingerprint density at radius 2 is 2.30 bits per heavy atom. The second kappa shape index (κ2) is 2.16. The van der Waals surface area contributed by atoms with Crippen LogP contribution in [0.5, 0.6) is 0 Å². The third kappa shape index (κ3) is 1.02. The molecule has 0 spiro atoms. The molecule has 0 unspecified atom stereocenters. The van der Waals surface area contributed by atoms with Crippen LogP contribution in [0, 0.1) is 0 Å². The summed E-state index contributed by atoms with van der Waals surface area (Å²) >= 11 is 0. The first-order valence-corrected chi connectivity index (χ1v) is 3.09. The van der Waals surface area contributed by atoms with Crippen molar-refractivity contribution in [3.8, 4) is 0 Å². The number of amidine groups is 1. The Bertz CT molecular complexity index is 272. The van der Waals surface area contributed by atoms with E-state index < -0.39 is 0 Å². The third-order valence-corrected chi connectivity index (χ3v) is 1.37. The summed E-state index contributed by atoms with van der Waals surface area (Å²) in [7, 11) is 0. The van der Waals surface area contributed by atoms with E-state index in [9.17, 15) is 0 Å². The van der Waals surface area contributed by atoms with Crippen LogP contribution in [-0.2, 0) is 0 Å². The van der Waals surface area contributed by atoms with Crippen molar-refractivity contribution in [3.63, 3.8) is 0 Å². The molecule has 1 aliphatic rings. The Hall–Kier alpha value is -1.27. The van der Waals surface area contributed by atoms with E-state index in [1.54, 1.807) is 6.92 Å². The van der Waals surface area contributed by atoms with Crippen LogP contribution in [0.4, 0.5) is 0 Å². The smallest absolute Gasteiger partial charge is 0.0965 e. The fourth-order valence-electron chi connectivity index (χ4n) is 0.800. The van der Waals surface area contributed by atoms with Crippen molar-refractivity contribution in [2.75, 3.05) is 0 Å². The third-order valence-electron chi connectivity index (χ3n) is 1.37. The number of allylic oxidation sites excluding steroid dienone is 2. The van der Waals surface area contributed by atoms with Gasteiger partial charge < -0.3 is 5.73 Å². The largest absolute Gasteiger partial charge is 0.387 e. The van der Waals surface area contributed by atoms with Crippen LogP contribution < -0.4 is 5.73 Å². The summed E-state index contributed by atoms with van der Waals surface area (Å²) < 4.78 is 0. The van der Waals surface area contributed by atoms with Gasteiger partial charge in [0.25, 0.3) is 0 Å². The van der Waals surface area contributed by atoms with E-state index in [0.717, 1.165) is 16.8 Å². The zero-order valence-corrected chi connectivity index (χ0v) is 6.23. The fourth-order valence-corrected chi connectivity index (χ4v) is 0.800. The topological polar surface area (TPSA) is 38.4 Å². The summed E-state index contributed by atoms with van der Waals surface area (Å²) in [6, 6.07) is 0. The Kier molecular flexibility index (Phi) is 1.48. The normalized spacial score (nSPS) is 17.4. The molecular formula is C8H10N2. The molecule has 2 heteroatoms. The molecule has 0 saturated carbocycles. The van der Waals surface area contributed by atoms with Crippen LogP contribution in [-0.4, -0.2) is 5.84 Å². The molecule has 0 aromatic rings. The molecule has 1 rings (SSSR count). The number of aliphatic imine (C=N–C) groups is 1. The van der Waals surface area contributed by atoms with Gasteiger partial charge in [0.15, 0.2) is 0 Å². The van der Waals surface area contributed by atoms with Crippen LogP contribution in [0.2, 0.25) is 0 Å². The quantitative estimate of drug-likeness (QED) is 0.328. The highest BCUT2D eigenvalue weighted by Crippen LogP contribution is 2.37. The number of nitrogens with two attached hydrogens (primary N) is 1. The molecule has 0 saturated heterocycles. The highest BCUT2D eigenvalue weighted by Gasteiger charge is 2.24. The van der Waals surface area contributed by atoms with Crippen molar-refractivity contribution in [1.82, 2.24) is 0 Å². The van der Waals surface area contributed by atoms with Gasteiger partial charge in [0, 0.05) is 5.57 Å². The maximum Gasteiger partial charge on any atom is 0.0965 e. The van der Waals surface area contributed by atoms with Gasteiger partial charge in [-0.15, -0.1) is 5.73 Å². The molecule has 0 aliphatic heterocycles. The van der Waals surface area contributed by atoms with Gasteiger partial charge in [0.2, 0.25) is 0 Å². The van der Waals surface area contributed by atoms with E-state index in [4.69, 9.17) is 5.73 Å². The van der Waals surface area contributed by atoms with Gasteiger partial charge in [-0.25, -0.2) is 4.99 Å². The van der Waals surface area contributed by atoms with E-state index in [-0.39, 0.29) is 0 Å². The standard InChI is InChI=1S/C8H10N2/c1-4-7-5(2)8(7)10-6(3)9/h1H2,2-3H3,(H2,9,10). The lowest BCUT2D eigenvalue weighted by Crippen LogP contribution is -2.03.